The van der Waals surface area contributed by atoms with E-state index in [1.165, 1.54) is 44.9 Å². The third-order valence-electron chi connectivity index (χ3n) is 4.60. The molecular formula is C19H30N2O2. The van der Waals surface area contributed by atoms with Crippen LogP contribution in [0, 0.1) is 6.92 Å². The van der Waals surface area contributed by atoms with Crippen LogP contribution >= 0.6 is 0 Å². The number of anilines is 1. The number of nitrogens with one attached hydrogen (secondary N) is 2. The smallest absolute Gasteiger partial charge is 0.241 e. The second-order valence-electron chi connectivity index (χ2n) is 6.62. The highest BCUT2D eigenvalue weighted by Gasteiger charge is 2.19. The number of aryl methyl sites for hydroxylation is 1. The first-order valence-corrected chi connectivity index (χ1v) is 8.81. The maximum Gasteiger partial charge on any atom is 0.241 e. The van der Waals surface area contributed by atoms with Crippen LogP contribution < -0.4 is 15.4 Å². The normalized spacial score (nSPS) is 17.9. The molecule has 0 unspecified atom stereocenters. The molecule has 1 atom stereocenters. The van der Waals surface area contributed by atoms with Crippen LogP contribution in [0.1, 0.15) is 57.4 Å². The molecule has 2 rings (SSSR count). The molecule has 2 N–H and O–H groups in total. The zero-order valence-electron chi connectivity index (χ0n) is 14.7. The molecule has 1 aliphatic carbocycles. The van der Waals surface area contributed by atoms with Crippen LogP contribution in [0.2, 0.25) is 0 Å². The fraction of sp³-hybridized carbons (Fsp3) is 0.632. The number of methoxy groups -OCH3 is 1. The molecule has 1 saturated carbocycles. The van der Waals surface area contributed by atoms with E-state index in [2.05, 4.69) is 10.6 Å². The number of carbonyl (C=O) groups excluding carboxylic acids is 1. The van der Waals surface area contributed by atoms with Crippen molar-refractivity contribution < 1.29 is 9.53 Å². The lowest BCUT2D eigenvalue weighted by Crippen LogP contribution is -2.44. The largest absolute Gasteiger partial charge is 0.495 e. The van der Waals surface area contributed by atoms with Crippen molar-refractivity contribution >= 4 is 11.6 Å². The topological polar surface area (TPSA) is 50.4 Å². The Morgan fingerprint density at radius 3 is 2.48 bits per heavy atom. The molecule has 4 nitrogen and oxygen atoms in total. The summed E-state index contributed by atoms with van der Waals surface area (Å²) < 4.78 is 5.33. The molecule has 0 bridgehead atoms. The van der Waals surface area contributed by atoms with Crippen LogP contribution in [0.4, 0.5) is 5.69 Å². The molecule has 0 aromatic heterocycles. The monoisotopic (exact) mass is 318 g/mol. The molecule has 128 valence electrons. The Kier molecular flexibility index (Phi) is 6.90. The number of benzene rings is 1. The quantitative estimate of drug-likeness (QED) is 0.861. The summed E-state index contributed by atoms with van der Waals surface area (Å²) in [5, 5.41) is 6.50. The summed E-state index contributed by atoms with van der Waals surface area (Å²) in [4.78, 5) is 12.5. The van der Waals surface area contributed by atoms with Crippen molar-refractivity contribution in [3.05, 3.63) is 23.8 Å². The minimum absolute atomic E-state index is 0.00374. The van der Waals surface area contributed by atoms with Gasteiger partial charge in [-0.25, -0.2) is 0 Å². The van der Waals surface area contributed by atoms with E-state index in [0.29, 0.717) is 11.8 Å². The van der Waals surface area contributed by atoms with Crippen LogP contribution in [0.3, 0.4) is 0 Å². The first-order valence-electron chi connectivity index (χ1n) is 8.81. The summed E-state index contributed by atoms with van der Waals surface area (Å²) >= 11 is 0. The van der Waals surface area contributed by atoms with Gasteiger partial charge in [0.05, 0.1) is 18.8 Å². The van der Waals surface area contributed by atoms with Gasteiger partial charge in [-0.1, -0.05) is 38.2 Å². The minimum Gasteiger partial charge on any atom is -0.495 e. The van der Waals surface area contributed by atoms with Crippen molar-refractivity contribution in [1.82, 2.24) is 5.32 Å². The fourth-order valence-corrected chi connectivity index (χ4v) is 3.21. The Morgan fingerprint density at radius 1 is 1.17 bits per heavy atom. The maximum atomic E-state index is 12.5. The van der Waals surface area contributed by atoms with Gasteiger partial charge >= 0.3 is 0 Å². The molecule has 0 saturated heterocycles. The summed E-state index contributed by atoms with van der Waals surface area (Å²) in [6.45, 7) is 3.95. The van der Waals surface area contributed by atoms with Gasteiger partial charge in [0.25, 0.3) is 0 Å². The van der Waals surface area contributed by atoms with E-state index >= 15 is 0 Å². The van der Waals surface area contributed by atoms with Crippen molar-refractivity contribution in [3.63, 3.8) is 0 Å². The lowest BCUT2D eigenvalue weighted by molar-refractivity contribution is -0.118. The Hall–Kier alpha value is -1.55. The Bertz CT molecular complexity index is 508. The first kappa shape index (κ1) is 17.8. The van der Waals surface area contributed by atoms with Crippen LogP contribution in [0.15, 0.2) is 18.2 Å². The minimum atomic E-state index is -0.204. The summed E-state index contributed by atoms with van der Waals surface area (Å²) in [7, 11) is 1.62. The third-order valence-corrected chi connectivity index (χ3v) is 4.60. The van der Waals surface area contributed by atoms with Crippen molar-refractivity contribution in [2.75, 3.05) is 12.4 Å². The number of rotatable bonds is 5. The average molecular weight is 318 g/mol. The van der Waals surface area contributed by atoms with E-state index in [4.69, 9.17) is 4.74 Å². The van der Waals surface area contributed by atoms with Gasteiger partial charge in [-0.05, 0) is 44.4 Å². The fourth-order valence-electron chi connectivity index (χ4n) is 3.21. The zero-order valence-corrected chi connectivity index (χ0v) is 14.7. The van der Waals surface area contributed by atoms with Crippen molar-refractivity contribution in [3.8, 4) is 5.75 Å². The van der Waals surface area contributed by atoms with Crippen LogP contribution in [0.5, 0.6) is 5.75 Å². The molecule has 4 heteroatoms. The number of amides is 1. The summed E-state index contributed by atoms with van der Waals surface area (Å²) in [5.41, 5.74) is 1.84. The van der Waals surface area contributed by atoms with Crippen molar-refractivity contribution in [2.45, 2.75) is 70.9 Å². The molecule has 0 radical (unpaired) electrons. The highest BCUT2D eigenvalue weighted by atomic mass is 16.5. The second kappa shape index (κ2) is 8.92. The Balaban J connectivity index is 1.92. The van der Waals surface area contributed by atoms with E-state index in [-0.39, 0.29) is 11.9 Å². The van der Waals surface area contributed by atoms with Crippen LogP contribution in [-0.4, -0.2) is 25.1 Å². The predicted molar refractivity (Wildman–Crippen MR) is 95.1 cm³/mol. The first-order chi connectivity index (χ1) is 11.1. The van der Waals surface area contributed by atoms with Gasteiger partial charge in [0.15, 0.2) is 0 Å². The number of hydrogen-bond acceptors (Lipinski definition) is 3. The maximum absolute atomic E-state index is 12.5. The van der Waals surface area contributed by atoms with E-state index in [9.17, 15) is 4.79 Å². The Morgan fingerprint density at radius 2 is 1.83 bits per heavy atom. The molecule has 0 spiro atoms. The Labute approximate surface area is 140 Å². The van der Waals surface area contributed by atoms with Crippen LogP contribution in [-0.2, 0) is 4.79 Å². The third kappa shape index (κ3) is 5.54. The van der Waals surface area contributed by atoms with E-state index in [1.807, 2.05) is 32.0 Å². The van der Waals surface area contributed by atoms with Gasteiger partial charge in [-0.3, -0.25) is 4.79 Å². The number of ether oxygens (including phenoxy) is 1. The second-order valence-corrected chi connectivity index (χ2v) is 6.62. The standard InChI is InChI=1S/C19H30N2O2/c1-14-11-12-18(23-3)17(13-14)21-19(22)15(2)20-16-9-7-5-4-6-8-10-16/h11-13,15-16,20H,4-10H2,1-3H3,(H,21,22)/t15-/m0/s1. The molecule has 1 aromatic carbocycles. The molecular weight excluding hydrogens is 288 g/mol. The van der Waals surface area contributed by atoms with Gasteiger partial charge in [0.1, 0.15) is 5.75 Å². The molecule has 0 aliphatic heterocycles. The van der Waals surface area contributed by atoms with Gasteiger partial charge in [0, 0.05) is 6.04 Å². The summed E-state index contributed by atoms with van der Waals surface area (Å²) in [5.74, 6) is 0.693. The van der Waals surface area contributed by atoms with Gasteiger partial charge < -0.3 is 15.4 Å². The zero-order chi connectivity index (χ0) is 16.7. The summed E-state index contributed by atoms with van der Waals surface area (Å²) in [6.07, 6.45) is 8.86. The molecule has 1 aliphatic rings. The highest BCUT2D eigenvalue weighted by molar-refractivity contribution is 5.95. The predicted octanol–water partition coefficient (Wildman–Crippen LogP) is 4.03. The van der Waals surface area contributed by atoms with Gasteiger partial charge in [-0.2, -0.15) is 0 Å². The van der Waals surface area contributed by atoms with Crippen molar-refractivity contribution in [2.24, 2.45) is 0 Å². The number of carbonyl (C=O) groups is 1. The molecule has 0 heterocycles. The van der Waals surface area contributed by atoms with Gasteiger partial charge in [-0.15, -0.1) is 0 Å². The van der Waals surface area contributed by atoms with E-state index < -0.39 is 0 Å². The molecule has 1 aromatic rings. The van der Waals surface area contributed by atoms with Gasteiger partial charge in [0.2, 0.25) is 5.91 Å². The van der Waals surface area contributed by atoms with E-state index in [1.54, 1.807) is 7.11 Å². The molecule has 1 amide bonds. The van der Waals surface area contributed by atoms with Crippen LogP contribution in [0.25, 0.3) is 0 Å². The highest BCUT2D eigenvalue weighted by Crippen LogP contribution is 2.25. The summed E-state index contributed by atoms with van der Waals surface area (Å²) in [6, 6.07) is 6.06. The SMILES string of the molecule is COc1ccc(C)cc1NC(=O)[C@H](C)NC1CCCCCCC1. The lowest BCUT2D eigenvalue weighted by atomic mass is 9.96. The van der Waals surface area contributed by atoms with Crippen molar-refractivity contribution in [1.29, 1.82) is 0 Å². The lowest BCUT2D eigenvalue weighted by Gasteiger charge is -2.25. The number of hydrogen-bond donors (Lipinski definition) is 2. The van der Waals surface area contributed by atoms with E-state index in [0.717, 1.165) is 11.3 Å². The average Bonchev–Trinajstić information content (AvgIpc) is 2.50. The molecule has 23 heavy (non-hydrogen) atoms. The molecule has 1 fully saturated rings.